The van der Waals surface area contributed by atoms with E-state index in [9.17, 15) is 5.11 Å². The van der Waals surface area contributed by atoms with Gasteiger partial charge in [-0.15, -0.1) is 0 Å². The Bertz CT molecular complexity index is 568. The van der Waals surface area contributed by atoms with E-state index in [2.05, 4.69) is 5.32 Å². The molecule has 86 valence electrons. The van der Waals surface area contributed by atoms with Crippen LogP contribution >= 0.6 is 11.6 Å². The van der Waals surface area contributed by atoms with Gasteiger partial charge in [-0.05, 0) is 35.4 Å². The van der Waals surface area contributed by atoms with Crippen LogP contribution in [0, 0.1) is 0 Å². The van der Waals surface area contributed by atoms with Gasteiger partial charge in [0.05, 0.1) is 6.61 Å². The second kappa shape index (κ2) is 4.06. The van der Waals surface area contributed by atoms with Crippen LogP contribution in [0.4, 0.5) is 11.4 Å². The van der Waals surface area contributed by atoms with Crippen molar-refractivity contribution in [2.45, 2.75) is 5.92 Å². The highest BCUT2D eigenvalue weighted by Crippen LogP contribution is 2.41. The van der Waals surface area contributed by atoms with E-state index < -0.39 is 0 Å². The zero-order valence-corrected chi connectivity index (χ0v) is 9.91. The predicted molar refractivity (Wildman–Crippen MR) is 70.1 cm³/mol. The maximum absolute atomic E-state index is 9.60. The molecule has 2 N–H and O–H groups in total. The third-order valence-corrected chi connectivity index (χ3v) is 3.41. The minimum atomic E-state index is 0.00106. The van der Waals surface area contributed by atoms with Crippen molar-refractivity contribution in [1.82, 2.24) is 0 Å². The highest BCUT2D eigenvalue weighted by atomic mass is 35.5. The number of rotatable bonds is 1. The van der Waals surface area contributed by atoms with Crippen LogP contribution in [-0.4, -0.2) is 11.7 Å². The number of para-hydroxylation sites is 1. The Morgan fingerprint density at radius 2 is 1.82 bits per heavy atom. The third kappa shape index (κ3) is 1.70. The average Bonchev–Trinajstić information content (AvgIpc) is 2.36. The second-order valence-electron chi connectivity index (χ2n) is 4.18. The molecular formula is C14H12ClNO. The number of aliphatic hydroxyl groups is 1. The van der Waals surface area contributed by atoms with Gasteiger partial charge < -0.3 is 10.4 Å². The summed E-state index contributed by atoms with van der Waals surface area (Å²) >= 11 is 6.02. The lowest BCUT2D eigenvalue weighted by Crippen LogP contribution is -2.15. The molecule has 17 heavy (non-hydrogen) atoms. The first-order chi connectivity index (χ1) is 8.29. The van der Waals surface area contributed by atoms with Crippen molar-refractivity contribution >= 4 is 23.0 Å². The molecule has 0 amide bonds. The fourth-order valence-electron chi connectivity index (χ4n) is 2.36. The van der Waals surface area contributed by atoms with E-state index in [1.54, 1.807) is 0 Å². The number of hydrogen-bond acceptors (Lipinski definition) is 2. The molecule has 3 heteroatoms. The van der Waals surface area contributed by atoms with Gasteiger partial charge in [-0.3, -0.25) is 0 Å². The molecule has 0 aliphatic carbocycles. The summed E-state index contributed by atoms with van der Waals surface area (Å²) in [5.41, 5.74) is 4.25. The van der Waals surface area contributed by atoms with Gasteiger partial charge in [0.1, 0.15) is 0 Å². The Balaban J connectivity index is 2.19. The highest BCUT2D eigenvalue weighted by Gasteiger charge is 2.24. The summed E-state index contributed by atoms with van der Waals surface area (Å²) in [5.74, 6) is 0.00106. The van der Waals surface area contributed by atoms with E-state index in [4.69, 9.17) is 11.6 Å². The van der Waals surface area contributed by atoms with Gasteiger partial charge in [-0.1, -0.05) is 29.8 Å². The van der Waals surface area contributed by atoms with Crippen molar-refractivity contribution in [2.24, 2.45) is 0 Å². The molecule has 2 aromatic carbocycles. The zero-order valence-electron chi connectivity index (χ0n) is 9.15. The second-order valence-corrected chi connectivity index (χ2v) is 4.62. The minimum Gasteiger partial charge on any atom is -0.395 e. The molecule has 1 atom stereocenters. The highest BCUT2D eigenvalue weighted by molar-refractivity contribution is 6.30. The molecule has 3 rings (SSSR count). The van der Waals surface area contributed by atoms with E-state index in [0.29, 0.717) is 5.02 Å². The first kappa shape index (κ1) is 10.6. The quantitative estimate of drug-likeness (QED) is 0.806. The Labute approximate surface area is 105 Å². The molecule has 2 nitrogen and oxygen atoms in total. The minimum absolute atomic E-state index is 0.00106. The Morgan fingerprint density at radius 1 is 1.06 bits per heavy atom. The summed E-state index contributed by atoms with van der Waals surface area (Å²) in [4.78, 5) is 0. The van der Waals surface area contributed by atoms with Crippen LogP contribution in [0.15, 0.2) is 42.5 Å². The topological polar surface area (TPSA) is 32.3 Å². The number of fused-ring (bicyclic) bond motifs is 2. The summed E-state index contributed by atoms with van der Waals surface area (Å²) in [5, 5.41) is 13.7. The maximum atomic E-state index is 9.60. The molecule has 1 aliphatic heterocycles. The summed E-state index contributed by atoms with van der Waals surface area (Å²) in [6.45, 7) is 0.0893. The van der Waals surface area contributed by atoms with Gasteiger partial charge in [0.25, 0.3) is 0 Å². The largest absolute Gasteiger partial charge is 0.395 e. The smallest absolute Gasteiger partial charge is 0.0542 e. The van der Waals surface area contributed by atoms with Crippen LogP contribution in [-0.2, 0) is 0 Å². The molecule has 1 aliphatic rings. The van der Waals surface area contributed by atoms with Gasteiger partial charge in [0, 0.05) is 22.3 Å². The van der Waals surface area contributed by atoms with Crippen LogP contribution in [0.2, 0.25) is 5.02 Å². The molecule has 0 unspecified atom stereocenters. The van der Waals surface area contributed by atoms with Crippen molar-refractivity contribution in [1.29, 1.82) is 0 Å². The number of anilines is 2. The van der Waals surface area contributed by atoms with Crippen LogP contribution < -0.4 is 5.32 Å². The van der Waals surface area contributed by atoms with Crippen LogP contribution in [0.1, 0.15) is 17.0 Å². The first-order valence-electron chi connectivity index (χ1n) is 5.56. The summed E-state index contributed by atoms with van der Waals surface area (Å²) < 4.78 is 0. The van der Waals surface area contributed by atoms with Crippen LogP contribution in [0.25, 0.3) is 0 Å². The number of hydrogen-bond donors (Lipinski definition) is 2. The first-order valence-corrected chi connectivity index (χ1v) is 5.93. The van der Waals surface area contributed by atoms with E-state index in [-0.39, 0.29) is 12.5 Å². The standard InChI is InChI=1S/C14H12ClNO/c15-9-5-6-14-11(7-9)12(8-17)10-3-1-2-4-13(10)16-14/h1-7,12,16-17H,8H2/t12-/m1/s1. The molecule has 0 saturated heterocycles. The van der Waals surface area contributed by atoms with Crippen molar-refractivity contribution in [2.75, 3.05) is 11.9 Å². The molecule has 1 heterocycles. The lowest BCUT2D eigenvalue weighted by Gasteiger charge is -2.28. The molecule has 0 aromatic heterocycles. The molecule has 0 fully saturated rings. The number of aliphatic hydroxyl groups excluding tert-OH is 1. The SMILES string of the molecule is OC[C@@H]1c2ccccc2Nc2ccc(Cl)cc21. The lowest BCUT2D eigenvalue weighted by molar-refractivity contribution is 0.280. The van der Waals surface area contributed by atoms with E-state index in [1.165, 1.54) is 0 Å². The van der Waals surface area contributed by atoms with Gasteiger partial charge >= 0.3 is 0 Å². The predicted octanol–water partition coefficient (Wildman–Crippen LogP) is 3.52. The summed E-state index contributed by atoms with van der Waals surface area (Å²) in [6, 6.07) is 13.8. The van der Waals surface area contributed by atoms with Gasteiger partial charge in [0.2, 0.25) is 0 Å². The zero-order chi connectivity index (χ0) is 11.8. The average molecular weight is 246 g/mol. The summed E-state index contributed by atoms with van der Waals surface area (Å²) in [7, 11) is 0. The fourth-order valence-corrected chi connectivity index (χ4v) is 2.54. The fraction of sp³-hybridized carbons (Fsp3) is 0.143. The molecule has 0 bridgehead atoms. The number of nitrogens with one attached hydrogen (secondary N) is 1. The van der Waals surface area contributed by atoms with Crippen molar-refractivity contribution in [3.05, 3.63) is 58.6 Å². The Kier molecular flexibility index (Phi) is 2.54. The van der Waals surface area contributed by atoms with Crippen molar-refractivity contribution in [3.63, 3.8) is 0 Å². The van der Waals surface area contributed by atoms with E-state index in [1.807, 2.05) is 42.5 Å². The van der Waals surface area contributed by atoms with Gasteiger partial charge in [-0.25, -0.2) is 0 Å². The monoisotopic (exact) mass is 245 g/mol. The number of halogens is 1. The third-order valence-electron chi connectivity index (χ3n) is 3.18. The van der Waals surface area contributed by atoms with Crippen LogP contribution in [0.5, 0.6) is 0 Å². The van der Waals surface area contributed by atoms with Gasteiger partial charge in [-0.2, -0.15) is 0 Å². The summed E-state index contributed by atoms with van der Waals surface area (Å²) in [6.07, 6.45) is 0. The Hall–Kier alpha value is -1.51. The number of benzene rings is 2. The van der Waals surface area contributed by atoms with E-state index >= 15 is 0 Å². The van der Waals surface area contributed by atoms with Crippen molar-refractivity contribution in [3.8, 4) is 0 Å². The van der Waals surface area contributed by atoms with E-state index in [0.717, 1.165) is 22.5 Å². The Morgan fingerprint density at radius 3 is 2.65 bits per heavy atom. The van der Waals surface area contributed by atoms with Crippen molar-refractivity contribution < 1.29 is 5.11 Å². The molecule has 0 saturated carbocycles. The van der Waals surface area contributed by atoms with Gasteiger partial charge in [0.15, 0.2) is 0 Å². The molecule has 0 spiro atoms. The lowest BCUT2D eigenvalue weighted by atomic mass is 9.86. The van der Waals surface area contributed by atoms with Crippen LogP contribution in [0.3, 0.4) is 0 Å². The molecule has 0 radical (unpaired) electrons. The normalized spacial score (nSPS) is 16.9. The molecular weight excluding hydrogens is 234 g/mol. The molecule has 2 aromatic rings. The maximum Gasteiger partial charge on any atom is 0.0542 e.